The summed E-state index contributed by atoms with van der Waals surface area (Å²) in [4.78, 5) is 35.8. The van der Waals surface area contributed by atoms with Crippen LogP contribution in [0.1, 0.15) is 32.8 Å². The molecule has 0 N–H and O–H groups in total. The highest BCUT2D eigenvalue weighted by molar-refractivity contribution is 5.96. The molecule has 0 saturated carbocycles. The Bertz CT molecular complexity index is 827. The quantitative estimate of drug-likeness (QED) is 0.805. The van der Waals surface area contributed by atoms with E-state index in [0.717, 1.165) is 6.07 Å². The third-order valence-electron chi connectivity index (χ3n) is 4.32. The number of alkyl halides is 3. The zero-order valence-corrected chi connectivity index (χ0v) is 14.3. The maximum atomic E-state index is 13.2. The van der Waals surface area contributed by atoms with Gasteiger partial charge in [-0.2, -0.15) is 13.2 Å². The average Bonchev–Trinajstić information content (AvgIpc) is 2.93. The molecule has 0 aliphatic carbocycles. The zero-order chi connectivity index (χ0) is 19.4. The second-order valence-electron chi connectivity index (χ2n) is 6.07. The standard InChI is InChI=1S/C18H17F3N4O2/c19-18(20,21)14-5-2-1-4-13(14)16(26)24-8-3-9-25(11-10-24)17(27)15-12-22-6-7-23-15/h1-2,4-7,12H,3,8-11H2. The van der Waals surface area contributed by atoms with Gasteiger partial charge in [-0.15, -0.1) is 0 Å². The van der Waals surface area contributed by atoms with Crippen LogP contribution in [0.2, 0.25) is 0 Å². The van der Waals surface area contributed by atoms with Crippen molar-refractivity contribution in [1.29, 1.82) is 0 Å². The second kappa shape index (κ2) is 7.73. The fourth-order valence-electron chi connectivity index (χ4n) is 2.98. The lowest BCUT2D eigenvalue weighted by Crippen LogP contribution is -2.38. The summed E-state index contributed by atoms with van der Waals surface area (Å²) in [6.07, 6.45) is 0.0837. The molecule has 2 aromatic rings. The third kappa shape index (κ3) is 4.24. The first kappa shape index (κ1) is 18.8. The first-order valence-electron chi connectivity index (χ1n) is 8.38. The first-order valence-corrected chi connectivity index (χ1v) is 8.38. The van der Waals surface area contributed by atoms with Crippen LogP contribution < -0.4 is 0 Å². The molecule has 3 rings (SSSR count). The highest BCUT2D eigenvalue weighted by Crippen LogP contribution is 2.32. The number of aromatic nitrogens is 2. The van der Waals surface area contributed by atoms with Gasteiger partial charge in [-0.25, -0.2) is 4.98 Å². The van der Waals surface area contributed by atoms with E-state index in [-0.39, 0.29) is 36.8 Å². The largest absolute Gasteiger partial charge is 0.417 e. The van der Waals surface area contributed by atoms with Crippen molar-refractivity contribution in [3.63, 3.8) is 0 Å². The molecule has 1 aromatic heterocycles. The van der Waals surface area contributed by atoms with Gasteiger partial charge in [-0.1, -0.05) is 12.1 Å². The molecule has 0 unspecified atom stereocenters. The van der Waals surface area contributed by atoms with E-state index in [4.69, 9.17) is 0 Å². The van der Waals surface area contributed by atoms with E-state index in [0.29, 0.717) is 13.0 Å². The van der Waals surface area contributed by atoms with Crippen LogP contribution in [0.15, 0.2) is 42.9 Å². The van der Waals surface area contributed by atoms with Gasteiger partial charge in [0.2, 0.25) is 0 Å². The second-order valence-corrected chi connectivity index (χ2v) is 6.07. The fraction of sp³-hybridized carbons (Fsp3) is 0.333. The number of carbonyl (C=O) groups excluding carboxylic acids is 2. The summed E-state index contributed by atoms with van der Waals surface area (Å²) in [5.41, 5.74) is -1.13. The van der Waals surface area contributed by atoms with E-state index in [9.17, 15) is 22.8 Å². The minimum atomic E-state index is -4.61. The highest BCUT2D eigenvalue weighted by atomic mass is 19.4. The maximum absolute atomic E-state index is 13.2. The number of carbonyl (C=O) groups is 2. The predicted molar refractivity (Wildman–Crippen MR) is 89.9 cm³/mol. The number of amides is 2. The van der Waals surface area contributed by atoms with Gasteiger partial charge in [0.05, 0.1) is 17.3 Å². The Morgan fingerprint density at radius 1 is 0.926 bits per heavy atom. The normalized spacial score (nSPS) is 15.4. The van der Waals surface area contributed by atoms with Gasteiger partial charge in [0.1, 0.15) is 5.69 Å². The molecule has 142 valence electrons. The lowest BCUT2D eigenvalue weighted by Gasteiger charge is -2.23. The van der Waals surface area contributed by atoms with Gasteiger partial charge in [-0.05, 0) is 18.6 Å². The average molecular weight is 378 g/mol. The van der Waals surface area contributed by atoms with Gasteiger partial charge in [0.15, 0.2) is 0 Å². The van der Waals surface area contributed by atoms with E-state index >= 15 is 0 Å². The Morgan fingerprint density at radius 3 is 2.22 bits per heavy atom. The van der Waals surface area contributed by atoms with E-state index in [1.54, 1.807) is 0 Å². The summed E-state index contributed by atoms with van der Waals surface area (Å²) in [6.45, 7) is 1.03. The molecular formula is C18H17F3N4O2. The van der Waals surface area contributed by atoms with Crippen LogP contribution in [-0.2, 0) is 6.18 Å². The molecule has 0 spiro atoms. The summed E-state index contributed by atoms with van der Waals surface area (Å²) in [5.74, 6) is -0.996. The Hall–Kier alpha value is -2.97. The molecule has 1 aromatic carbocycles. The van der Waals surface area contributed by atoms with Gasteiger partial charge in [0.25, 0.3) is 11.8 Å². The molecule has 27 heavy (non-hydrogen) atoms. The van der Waals surface area contributed by atoms with E-state index in [2.05, 4.69) is 9.97 Å². The monoisotopic (exact) mass is 378 g/mol. The molecule has 0 radical (unpaired) electrons. The molecule has 6 nitrogen and oxygen atoms in total. The molecular weight excluding hydrogens is 361 g/mol. The van der Waals surface area contributed by atoms with Crippen molar-refractivity contribution in [2.24, 2.45) is 0 Å². The van der Waals surface area contributed by atoms with E-state index in [1.807, 2.05) is 0 Å². The Labute approximate surface area is 153 Å². The summed E-state index contributed by atoms with van der Waals surface area (Å²) in [6, 6.07) is 4.74. The smallest absolute Gasteiger partial charge is 0.337 e. The topological polar surface area (TPSA) is 66.4 Å². The molecule has 1 fully saturated rings. The molecule has 1 aliphatic rings. The Balaban J connectivity index is 1.74. The number of benzene rings is 1. The zero-order valence-electron chi connectivity index (χ0n) is 14.3. The predicted octanol–water partition coefficient (Wildman–Crippen LogP) is 2.48. The van der Waals surface area contributed by atoms with Crippen LogP contribution in [0.3, 0.4) is 0 Å². The molecule has 1 aliphatic heterocycles. The van der Waals surface area contributed by atoms with Crippen molar-refractivity contribution < 1.29 is 22.8 Å². The lowest BCUT2D eigenvalue weighted by molar-refractivity contribution is -0.138. The van der Waals surface area contributed by atoms with Crippen molar-refractivity contribution in [2.75, 3.05) is 26.2 Å². The SMILES string of the molecule is O=C(c1cnccn1)N1CCCN(C(=O)c2ccccc2C(F)(F)F)CC1. The number of halogens is 3. The number of hydrogen-bond donors (Lipinski definition) is 0. The van der Waals surface area contributed by atoms with Crippen molar-refractivity contribution in [1.82, 2.24) is 19.8 Å². The van der Waals surface area contributed by atoms with E-state index < -0.39 is 17.6 Å². The minimum absolute atomic E-state index is 0.150. The van der Waals surface area contributed by atoms with Gasteiger partial charge in [-0.3, -0.25) is 14.6 Å². The van der Waals surface area contributed by atoms with Crippen molar-refractivity contribution in [3.05, 3.63) is 59.7 Å². The third-order valence-corrected chi connectivity index (χ3v) is 4.32. The fourth-order valence-corrected chi connectivity index (χ4v) is 2.98. The Morgan fingerprint density at radius 2 is 1.59 bits per heavy atom. The van der Waals surface area contributed by atoms with Crippen molar-refractivity contribution in [2.45, 2.75) is 12.6 Å². The lowest BCUT2D eigenvalue weighted by atomic mass is 10.1. The molecule has 2 amide bonds. The first-order chi connectivity index (χ1) is 12.9. The highest BCUT2D eigenvalue weighted by Gasteiger charge is 2.36. The van der Waals surface area contributed by atoms with Gasteiger partial charge >= 0.3 is 6.18 Å². The Kier molecular flexibility index (Phi) is 5.38. The van der Waals surface area contributed by atoms with Crippen LogP contribution in [0.4, 0.5) is 13.2 Å². The number of hydrogen-bond acceptors (Lipinski definition) is 4. The molecule has 2 heterocycles. The minimum Gasteiger partial charge on any atom is -0.337 e. The van der Waals surface area contributed by atoms with Crippen LogP contribution in [0, 0.1) is 0 Å². The molecule has 1 saturated heterocycles. The summed E-state index contributed by atoms with van der Waals surface area (Å²) < 4.78 is 39.5. The van der Waals surface area contributed by atoms with Gasteiger partial charge < -0.3 is 9.80 Å². The molecule has 0 atom stereocenters. The van der Waals surface area contributed by atoms with Crippen LogP contribution >= 0.6 is 0 Å². The molecule has 0 bridgehead atoms. The van der Waals surface area contributed by atoms with Crippen molar-refractivity contribution >= 4 is 11.8 Å². The van der Waals surface area contributed by atoms with Crippen LogP contribution in [0.5, 0.6) is 0 Å². The molecule has 9 heteroatoms. The van der Waals surface area contributed by atoms with Crippen molar-refractivity contribution in [3.8, 4) is 0 Å². The summed E-state index contributed by atoms with van der Waals surface area (Å²) in [5, 5.41) is 0. The van der Waals surface area contributed by atoms with Crippen LogP contribution in [0.25, 0.3) is 0 Å². The van der Waals surface area contributed by atoms with E-state index in [1.165, 1.54) is 46.6 Å². The maximum Gasteiger partial charge on any atom is 0.417 e. The number of rotatable bonds is 2. The van der Waals surface area contributed by atoms with Gasteiger partial charge in [0, 0.05) is 38.6 Å². The summed E-state index contributed by atoms with van der Waals surface area (Å²) >= 11 is 0. The number of nitrogens with zero attached hydrogens (tertiary/aromatic N) is 4. The van der Waals surface area contributed by atoms with Crippen LogP contribution in [-0.4, -0.2) is 57.8 Å². The summed E-state index contributed by atoms with van der Waals surface area (Å²) in [7, 11) is 0.